The highest BCUT2D eigenvalue weighted by molar-refractivity contribution is 7.93. The number of fused-ring (bicyclic) bond motifs is 1. The van der Waals surface area contributed by atoms with E-state index in [0.717, 1.165) is 6.07 Å². The predicted molar refractivity (Wildman–Crippen MR) is 96.5 cm³/mol. The Morgan fingerprint density at radius 2 is 2.04 bits per heavy atom. The minimum Gasteiger partial charge on any atom is -0.345 e. The molecule has 3 aromatic rings. The van der Waals surface area contributed by atoms with Crippen molar-refractivity contribution in [2.75, 3.05) is 4.72 Å². The van der Waals surface area contributed by atoms with Crippen LogP contribution in [0.5, 0.6) is 0 Å². The number of anilines is 1. The van der Waals surface area contributed by atoms with E-state index in [2.05, 4.69) is 14.7 Å². The molecule has 2 N–H and O–H groups in total. The highest BCUT2D eigenvalue weighted by atomic mass is 35.5. The van der Waals surface area contributed by atoms with Crippen molar-refractivity contribution in [2.45, 2.75) is 18.1 Å². The maximum absolute atomic E-state index is 14.2. The number of halogens is 2. The number of sulfonamides is 1. The van der Waals surface area contributed by atoms with Gasteiger partial charge in [-0.1, -0.05) is 11.6 Å². The second kappa shape index (κ2) is 6.07. The third-order valence-corrected chi connectivity index (χ3v) is 6.25. The minimum absolute atomic E-state index is 0.151. The fourth-order valence-corrected chi connectivity index (χ4v) is 4.24. The van der Waals surface area contributed by atoms with Crippen LogP contribution in [0.3, 0.4) is 0 Å². The molecule has 0 bridgehead atoms. The summed E-state index contributed by atoms with van der Waals surface area (Å²) in [5.41, 5.74) is 0.569. The van der Waals surface area contributed by atoms with Gasteiger partial charge in [-0.05, 0) is 37.1 Å². The lowest BCUT2D eigenvalue weighted by atomic mass is 10.0. The van der Waals surface area contributed by atoms with E-state index in [1.807, 2.05) is 0 Å². The zero-order chi connectivity index (χ0) is 18.5. The molecule has 2 heterocycles. The number of nitrogens with one attached hydrogen (secondary N) is 2. The van der Waals surface area contributed by atoms with Crippen LogP contribution >= 0.6 is 11.6 Å². The van der Waals surface area contributed by atoms with E-state index >= 15 is 0 Å². The molecule has 2 aromatic heterocycles. The van der Waals surface area contributed by atoms with Crippen LogP contribution in [-0.4, -0.2) is 29.4 Å². The molecule has 1 aromatic carbocycles. The van der Waals surface area contributed by atoms with Gasteiger partial charge in [0.2, 0.25) is 10.0 Å². The molecular formula is C17H13ClFN3O3S. The van der Waals surface area contributed by atoms with Gasteiger partial charge < -0.3 is 4.98 Å². The summed E-state index contributed by atoms with van der Waals surface area (Å²) in [6.07, 6.45) is 4.07. The summed E-state index contributed by atoms with van der Waals surface area (Å²) >= 11 is 5.92. The van der Waals surface area contributed by atoms with Crippen molar-refractivity contribution in [2.24, 2.45) is 0 Å². The van der Waals surface area contributed by atoms with Gasteiger partial charge in [0, 0.05) is 29.0 Å². The van der Waals surface area contributed by atoms with Gasteiger partial charge in [0.25, 0.3) is 0 Å². The first-order chi connectivity index (χ1) is 12.3. The van der Waals surface area contributed by atoms with Crippen molar-refractivity contribution in [3.8, 4) is 0 Å². The molecule has 0 unspecified atom stereocenters. The lowest BCUT2D eigenvalue weighted by Crippen LogP contribution is -2.17. The molecule has 9 heteroatoms. The Bertz CT molecular complexity index is 1140. The summed E-state index contributed by atoms with van der Waals surface area (Å²) in [6.45, 7) is 0. The number of H-pyrrole nitrogens is 1. The molecule has 0 saturated heterocycles. The molecule has 0 aliphatic heterocycles. The Morgan fingerprint density at radius 1 is 1.27 bits per heavy atom. The summed E-state index contributed by atoms with van der Waals surface area (Å²) in [4.78, 5) is 19.7. The van der Waals surface area contributed by atoms with Gasteiger partial charge in [0.1, 0.15) is 11.5 Å². The van der Waals surface area contributed by atoms with Gasteiger partial charge in [-0.25, -0.2) is 17.8 Å². The molecule has 1 aliphatic carbocycles. The quantitative estimate of drug-likeness (QED) is 0.649. The van der Waals surface area contributed by atoms with Crippen LogP contribution in [0.1, 0.15) is 28.8 Å². The molecular weight excluding hydrogens is 381 g/mol. The van der Waals surface area contributed by atoms with Crippen LogP contribution in [0.15, 0.2) is 36.7 Å². The molecule has 0 spiro atoms. The number of hydrogen-bond acceptors (Lipinski definition) is 4. The summed E-state index contributed by atoms with van der Waals surface area (Å²) in [5, 5.41) is 0.386. The number of nitrogens with zero attached hydrogens (tertiary/aromatic N) is 1. The van der Waals surface area contributed by atoms with Gasteiger partial charge in [0.05, 0.1) is 15.8 Å². The SMILES string of the molecule is O=C(c1cc(NS(=O)(=O)C2CC2)ccc1F)c1c[nH]c2ncc(Cl)cc12. The van der Waals surface area contributed by atoms with Gasteiger partial charge >= 0.3 is 0 Å². The number of pyridine rings is 1. The monoisotopic (exact) mass is 393 g/mol. The normalized spacial score (nSPS) is 14.5. The largest absolute Gasteiger partial charge is 0.345 e. The predicted octanol–water partition coefficient (Wildman–Crippen LogP) is 3.49. The third kappa shape index (κ3) is 3.06. The molecule has 134 valence electrons. The molecule has 6 nitrogen and oxygen atoms in total. The fraction of sp³-hybridized carbons (Fsp3) is 0.176. The summed E-state index contributed by atoms with van der Waals surface area (Å²) in [7, 11) is -3.51. The minimum atomic E-state index is -3.51. The van der Waals surface area contributed by atoms with Gasteiger partial charge in [0.15, 0.2) is 5.78 Å². The Balaban J connectivity index is 1.73. The number of ketones is 1. The highest BCUT2D eigenvalue weighted by Crippen LogP contribution is 2.30. The highest BCUT2D eigenvalue weighted by Gasteiger charge is 2.35. The van der Waals surface area contributed by atoms with Crippen molar-refractivity contribution in [3.63, 3.8) is 0 Å². The van der Waals surface area contributed by atoms with Crippen molar-refractivity contribution < 1.29 is 17.6 Å². The fourth-order valence-electron chi connectivity index (χ4n) is 2.70. The van der Waals surface area contributed by atoms with E-state index in [4.69, 9.17) is 11.6 Å². The number of benzene rings is 1. The smallest absolute Gasteiger partial charge is 0.235 e. The summed E-state index contributed by atoms with van der Waals surface area (Å²) < 4.78 is 40.8. The Labute approximate surface area is 153 Å². The first-order valence-electron chi connectivity index (χ1n) is 7.83. The van der Waals surface area contributed by atoms with Crippen LogP contribution in [0.25, 0.3) is 11.0 Å². The van der Waals surface area contributed by atoms with Crippen molar-refractivity contribution in [1.29, 1.82) is 0 Å². The standard InChI is InChI=1S/C17H13ClFN3O3S/c18-9-5-12-14(8-21-17(12)20-7-9)16(23)13-6-10(1-4-15(13)19)22-26(24,25)11-2-3-11/h1,4-8,11,22H,2-3H2,(H,20,21). The Morgan fingerprint density at radius 3 is 2.77 bits per heavy atom. The van der Waals surface area contributed by atoms with E-state index in [9.17, 15) is 17.6 Å². The Kier molecular flexibility index (Phi) is 3.96. The number of aromatic amines is 1. The van der Waals surface area contributed by atoms with E-state index in [-0.39, 0.29) is 16.8 Å². The Hall–Kier alpha value is -2.45. The lowest BCUT2D eigenvalue weighted by molar-refractivity contribution is 0.103. The van der Waals surface area contributed by atoms with Crippen LogP contribution in [0, 0.1) is 5.82 Å². The third-order valence-electron chi connectivity index (χ3n) is 4.18. The number of aromatic nitrogens is 2. The average molecular weight is 394 g/mol. The molecule has 1 fully saturated rings. The van der Waals surface area contributed by atoms with Crippen LogP contribution in [0.2, 0.25) is 5.02 Å². The maximum Gasteiger partial charge on any atom is 0.235 e. The van der Waals surface area contributed by atoms with Crippen LogP contribution < -0.4 is 4.72 Å². The first kappa shape index (κ1) is 17.0. The molecule has 1 saturated carbocycles. The summed E-state index contributed by atoms with van der Waals surface area (Å²) in [5.74, 6) is -1.33. The van der Waals surface area contributed by atoms with Crippen molar-refractivity contribution in [1.82, 2.24) is 9.97 Å². The van der Waals surface area contributed by atoms with Crippen LogP contribution in [0.4, 0.5) is 10.1 Å². The van der Waals surface area contributed by atoms with E-state index in [1.54, 1.807) is 6.07 Å². The van der Waals surface area contributed by atoms with Gasteiger partial charge in [-0.15, -0.1) is 0 Å². The number of carbonyl (C=O) groups excluding carboxylic acids is 1. The van der Waals surface area contributed by atoms with E-state index in [1.165, 1.54) is 24.5 Å². The maximum atomic E-state index is 14.2. The molecule has 26 heavy (non-hydrogen) atoms. The second-order valence-corrected chi connectivity index (χ2v) is 8.52. The topological polar surface area (TPSA) is 91.9 Å². The second-order valence-electron chi connectivity index (χ2n) is 6.12. The number of carbonyl (C=O) groups is 1. The molecule has 1 aliphatic rings. The molecule has 0 amide bonds. The van der Waals surface area contributed by atoms with Crippen molar-refractivity contribution >= 4 is 44.1 Å². The van der Waals surface area contributed by atoms with E-state index in [0.29, 0.717) is 28.9 Å². The molecule has 4 rings (SSSR count). The van der Waals surface area contributed by atoms with Gasteiger partial charge in [-0.3, -0.25) is 9.52 Å². The average Bonchev–Trinajstić information content (AvgIpc) is 3.38. The molecule has 0 radical (unpaired) electrons. The lowest BCUT2D eigenvalue weighted by Gasteiger charge is -2.09. The summed E-state index contributed by atoms with van der Waals surface area (Å²) in [6, 6.07) is 5.12. The zero-order valence-corrected chi connectivity index (χ0v) is 14.9. The number of hydrogen-bond donors (Lipinski definition) is 2. The van der Waals surface area contributed by atoms with Crippen LogP contribution in [-0.2, 0) is 10.0 Å². The molecule has 0 atom stereocenters. The first-order valence-corrected chi connectivity index (χ1v) is 9.76. The van der Waals surface area contributed by atoms with E-state index < -0.39 is 26.9 Å². The van der Waals surface area contributed by atoms with Gasteiger partial charge in [-0.2, -0.15) is 0 Å². The van der Waals surface area contributed by atoms with Crippen molar-refractivity contribution in [3.05, 3.63) is 58.6 Å². The number of rotatable bonds is 5. The zero-order valence-electron chi connectivity index (χ0n) is 13.3.